The van der Waals surface area contributed by atoms with Gasteiger partial charge in [0, 0.05) is 6.26 Å². The molecular formula is C14H15ClO2S. The van der Waals surface area contributed by atoms with Crippen LogP contribution < -0.4 is 0 Å². The lowest BCUT2D eigenvalue weighted by Crippen LogP contribution is -2.17. The first kappa shape index (κ1) is 13.4. The van der Waals surface area contributed by atoms with Gasteiger partial charge in [0.2, 0.25) is 0 Å². The van der Waals surface area contributed by atoms with Crippen LogP contribution in [0.25, 0.3) is 10.8 Å². The van der Waals surface area contributed by atoms with Crippen molar-refractivity contribution in [3.63, 3.8) is 0 Å². The lowest BCUT2D eigenvalue weighted by molar-refractivity contribution is 0.599. The summed E-state index contributed by atoms with van der Waals surface area (Å²) in [5.74, 6) is 0.0117. The van der Waals surface area contributed by atoms with Crippen molar-refractivity contribution in [3.05, 3.63) is 48.0 Å². The Morgan fingerprint density at radius 2 is 1.78 bits per heavy atom. The molecule has 2 aromatic carbocycles. The summed E-state index contributed by atoms with van der Waals surface area (Å²) >= 11 is 6.12. The van der Waals surface area contributed by atoms with E-state index in [0.29, 0.717) is 6.42 Å². The highest BCUT2D eigenvalue weighted by Gasteiger charge is 2.14. The fourth-order valence-corrected chi connectivity index (χ4v) is 3.72. The van der Waals surface area contributed by atoms with Crippen LogP contribution in [0.5, 0.6) is 0 Å². The summed E-state index contributed by atoms with van der Waals surface area (Å²) in [5.41, 5.74) is 1.09. The molecule has 4 heteroatoms. The molecule has 0 saturated heterocycles. The van der Waals surface area contributed by atoms with Crippen molar-refractivity contribution in [3.8, 4) is 0 Å². The molecule has 0 fully saturated rings. The van der Waals surface area contributed by atoms with Gasteiger partial charge in [0.05, 0.1) is 11.1 Å². The smallest absolute Gasteiger partial charge is 0.148 e. The Labute approximate surface area is 113 Å². The molecule has 18 heavy (non-hydrogen) atoms. The minimum Gasteiger partial charge on any atom is -0.229 e. The summed E-state index contributed by atoms with van der Waals surface area (Å²) < 4.78 is 22.4. The summed E-state index contributed by atoms with van der Waals surface area (Å²) in [6.45, 7) is 0. The number of alkyl halides is 1. The van der Waals surface area contributed by atoms with E-state index in [1.54, 1.807) is 0 Å². The fraction of sp³-hybridized carbons (Fsp3) is 0.286. The Kier molecular flexibility index (Phi) is 3.93. The van der Waals surface area contributed by atoms with Gasteiger partial charge in [-0.15, -0.1) is 11.6 Å². The van der Waals surface area contributed by atoms with E-state index in [1.165, 1.54) is 6.26 Å². The van der Waals surface area contributed by atoms with E-state index in [1.807, 2.05) is 42.5 Å². The van der Waals surface area contributed by atoms with Crippen LogP contribution in [-0.2, 0) is 16.3 Å². The largest absolute Gasteiger partial charge is 0.229 e. The minimum atomic E-state index is -3.03. The van der Waals surface area contributed by atoms with Gasteiger partial charge in [-0.3, -0.25) is 0 Å². The molecule has 0 amide bonds. The Bertz CT molecular complexity index is 644. The average molecular weight is 283 g/mol. The van der Waals surface area contributed by atoms with Crippen LogP contribution >= 0.6 is 11.6 Å². The summed E-state index contributed by atoms with van der Waals surface area (Å²) in [5, 5.41) is 1.91. The number of halogens is 1. The van der Waals surface area contributed by atoms with Crippen molar-refractivity contribution in [2.24, 2.45) is 0 Å². The van der Waals surface area contributed by atoms with Gasteiger partial charge in [0.15, 0.2) is 0 Å². The molecule has 2 aromatic rings. The predicted octanol–water partition coefficient (Wildman–Crippen LogP) is 3.03. The van der Waals surface area contributed by atoms with E-state index in [4.69, 9.17) is 11.6 Å². The second-order valence-corrected chi connectivity index (χ2v) is 7.33. The first-order valence-electron chi connectivity index (χ1n) is 5.74. The SMILES string of the molecule is CS(=O)(=O)CC(Cl)Cc1cccc2ccccc12. The van der Waals surface area contributed by atoms with Crippen LogP contribution in [0.2, 0.25) is 0 Å². The van der Waals surface area contributed by atoms with Gasteiger partial charge < -0.3 is 0 Å². The van der Waals surface area contributed by atoms with Crippen LogP contribution in [0.15, 0.2) is 42.5 Å². The molecule has 1 unspecified atom stereocenters. The Morgan fingerprint density at radius 1 is 1.11 bits per heavy atom. The van der Waals surface area contributed by atoms with Gasteiger partial charge in [-0.2, -0.15) is 0 Å². The van der Waals surface area contributed by atoms with Gasteiger partial charge in [-0.05, 0) is 22.8 Å². The minimum absolute atomic E-state index is 0.0117. The number of hydrogen-bond acceptors (Lipinski definition) is 2. The molecule has 0 aliphatic rings. The molecule has 0 saturated carbocycles. The van der Waals surface area contributed by atoms with Crippen LogP contribution in [-0.4, -0.2) is 25.8 Å². The predicted molar refractivity (Wildman–Crippen MR) is 77.0 cm³/mol. The third-order valence-corrected chi connectivity index (χ3v) is 4.30. The van der Waals surface area contributed by atoms with Crippen molar-refractivity contribution in [2.75, 3.05) is 12.0 Å². The molecule has 0 N–H and O–H groups in total. The van der Waals surface area contributed by atoms with Crippen LogP contribution in [0.3, 0.4) is 0 Å². The molecule has 0 spiro atoms. The molecular weight excluding hydrogens is 268 g/mol. The molecule has 2 rings (SSSR count). The Balaban J connectivity index is 2.27. The van der Waals surface area contributed by atoms with Crippen LogP contribution in [0.4, 0.5) is 0 Å². The lowest BCUT2D eigenvalue weighted by Gasteiger charge is -2.10. The maximum absolute atomic E-state index is 11.2. The number of benzene rings is 2. The van der Waals surface area contributed by atoms with E-state index in [9.17, 15) is 8.42 Å². The van der Waals surface area contributed by atoms with Gasteiger partial charge in [-0.25, -0.2) is 8.42 Å². The standard InChI is InChI=1S/C14H15ClO2S/c1-18(16,17)10-13(15)9-12-7-4-6-11-5-2-3-8-14(11)12/h2-8,13H,9-10H2,1H3. The van der Waals surface area contributed by atoms with Crippen LogP contribution in [0.1, 0.15) is 5.56 Å². The monoisotopic (exact) mass is 282 g/mol. The number of sulfone groups is 1. The quantitative estimate of drug-likeness (QED) is 0.808. The Hall–Kier alpha value is -1.06. The number of fused-ring (bicyclic) bond motifs is 1. The topological polar surface area (TPSA) is 34.1 Å². The van der Waals surface area contributed by atoms with Gasteiger partial charge in [0.25, 0.3) is 0 Å². The normalized spacial score (nSPS) is 13.7. The summed E-state index contributed by atoms with van der Waals surface area (Å²) in [7, 11) is -3.03. The third kappa shape index (κ3) is 3.47. The Morgan fingerprint density at radius 3 is 2.50 bits per heavy atom. The number of hydrogen-bond donors (Lipinski definition) is 0. The number of rotatable bonds is 4. The second-order valence-electron chi connectivity index (χ2n) is 4.53. The highest BCUT2D eigenvalue weighted by atomic mass is 35.5. The molecule has 0 bridgehead atoms. The van der Waals surface area contributed by atoms with Gasteiger partial charge in [0.1, 0.15) is 9.84 Å². The summed E-state index contributed by atoms with van der Waals surface area (Å²) in [4.78, 5) is 0. The van der Waals surface area contributed by atoms with Gasteiger partial charge in [-0.1, -0.05) is 42.5 Å². The first-order chi connectivity index (χ1) is 8.46. The maximum atomic E-state index is 11.2. The van der Waals surface area contributed by atoms with Crippen molar-refractivity contribution in [2.45, 2.75) is 11.8 Å². The first-order valence-corrected chi connectivity index (χ1v) is 8.24. The molecule has 1 atom stereocenters. The molecule has 0 heterocycles. The molecule has 0 radical (unpaired) electrons. The van der Waals surface area contributed by atoms with Crippen LogP contribution in [0, 0.1) is 0 Å². The van der Waals surface area contributed by atoms with E-state index in [-0.39, 0.29) is 11.1 Å². The highest BCUT2D eigenvalue weighted by Crippen LogP contribution is 2.21. The zero-order valence-electron chi connectivity index (χ0n) is 10.1. The van der Waals surface area contributed by atoms with Crippen molar-refractivity contribution in [1.82, 2.24) is 0 Å². The van der Waals surface area contributed by atoms with Crippen molar-refractivity contribution in [1.29, 1.82) is 0 Å². The maximum Gasteiger partial charge on any atom is 0.148 e. The average Bonchev–Trinajstić information content (AvgIpc) is 2.27. The summed E-state index contributed by atoms with van der Waals surface area (Å²) in [6, 6.07) is 14.1. The van der Waals surface area contributed by atoms with E-state index in [0.717, 1.165) is 16.3 Å². The van der Waals surface area contributed by atoms with E-state index >= 15 is 0 Å². The third-order valence-electron chi connectivity index (χ3n) is 2.80. The van der Waals surface area contributed by atoms with Crippen molar-refractivity contribution >= 4 is 32.2 Å². The zero-order valence-corrected chi connectivity index (χ0v) is 11.7. The highest BCUT2D eigenvalue weighted by molar-refractivity contribution is 7.90. The molecule has 0 aliphatic carbocycles. The molecule has 2 nitrogen and oxygen atoms in total. The van der Waals surface area contributed by atoms with E-state index in [2.05, 4.69) is 0 Å². The molecule has 0 aliphatic heterocycles. The van der Waals surface area contributed by atoms with E-state index < -0.39 is 9.84 Å². The fourth-order valence-electron chi connectivity index (χ4n) is 2.10. The summed E-state index contributed by atoms with van der Waals surface area (Å²) in [6.07, 6.45) is 1.78. The second kappa shape index (κ2) is 5.29. The molecule has 96 valence electrons. The van der Waals surface area contributed by atoms with Crippen molar-refractivity contribution < 1.29 is 8.42 Å². The molecule has 0 aromatic heterocycles. The van der Waals surface area contributed by atoms with Gasteiger partial charge >= 0.3 is 0 Å². The zero-order chi connectivity index (χ0) is 13.2. The lowest BCUT2D eigenvalue weighted by atomic mass is 10.0.